The van der Waals surface area contributed by atoms with Gasteiger partial charge in [0.2, 0.25) is 5.91 Å². The Kier molecular flexibility index (Phi) is 2.64. The number of amides is 1. The zero-order valence-corrected chi connectivity index (χ0v) is 8.55. The maximum atomic E-state index is 11.6. The number of aliphatic hydroxyl groups is 1. The second-order valence-electron chi connectivity index (χ2n) is 3.77. The fourth-order valence-electron chi connectivity index (χ4n) is 1.65. The molecule has 5 nitrogen and oxygen atoms in total. The summed E-state index contributed by atoms with van der Waals surface area (Å²) in [5.74, 6) is 0.606. The molecule has 0 spiro atoms. The summed E-state index contributed by atoms with van der Waals surface area (Å²) < 4.78 is 0. The molecular weight excluding hydrogens is 194 g/mol. The lowest BCUT2D eigenvalue weighted by Crippen LogP contribution is -2.26. The predicted octanol–water partition coefficient (Wildman–Crippen LogP) is 0.130. The number of anilines is 1. The van der Waals surface area contributed by atoms with Crippen molar-refractivity contribution in [3.05, 3.63) is 18.1 Å². The highest BCUT2D eigenvalue weighted by Gasteiger charge is 2.30. The second-order valence-corrected chi connectivity index (χ2v) is 3.77. The molecule has 1 aromatic heterocycles. The molecule has 1 aromatic rings. The lowest BCUT2D eigenvalue weighted by Gasteiger charge is -2.14. The minimum atomic E-state index is 0.00667. The monoisotopic (exact) mass is 207 g/mol. The van der Waals surface area contributed by atoms with Gasteiger partial charge >= 0.3 is 0 Å². The molecular formula is C10H13N3O2. The van der Waals surface area contributed by atoms with Crippen molar-refractivity contribution in [3.63, 3.8) is 0 Å². The molecule has 1 saturated heterocycles. The Labute approximate surface area is 87.8 Å². The molecule has 1 atom stereocenters. The van der Waals surface area contributed by atoms with E-state index in [0.29, 0.717) is 18.8 Å². The molecule has 2 heterocycles. The van der Waals surface area contributed by atoms with Crippen molar-refractivity contribution in [1.82, 2.24) is 9.97 Å². The largest absolute Gasteiger partial charge is 0.396 e. The van der Waals surface area contributed by atoms with Gasteiger partial charge in [0.05, 0.1) is 18.1 Å². The fraction of sp³-hybridized carbons (Fsp3) is 0.500. The minimum absolute atomic E-state index is 0.00667. The lowest BCUT2D eigenvalue weighted by atomic mass is 10.1. The molecule has 1 unspecified atom stereocenters. The highest BCUT2D eigenvalue weighted by Crippen LogP contribution is 2.22. The molecule has 0 bridgehead atoms. The Balaban J connectivity index is 2.18. The third kappa shape index (κ3) is 1.97. The Morgan fingerprint density at radius 3 is 2.87 bits per heavy atom. The zero-order valence-electron chi connectivity index (χ0n) is 8.55. The highest BCUT2D eigenvalue weighted by molar-refractivity contribution is 5.94. The van der Waals surface area contributed by atoms with E-state index in [1.165, 1.54) is 0 Å². The molecule has 0 aliphatic carbocycles. The van der Waals surface area contributed by atoms with E-state index < -0.39 is 0 Å². The standard InChI is InChI=1S/C10H13N3O2/c1-7-3-12-9(4-11-7)13-5-8(6-14)2-10(13)15/h3-4,8,14H,2,5-6H2,1H3. The first-order chi connectivity index (χ1) is 7.20. The third-order valence-electron chi connectivity index (χ3n) is 2.51. The van der Waals surface area contributed by atoms with Crippen LogP contribution in [0.3, 0.4) is 0 Å². The predicted molar refractivity (Wildman–Crippen MR) is 54.3 cm³/mol. The van der Waals surface area contributed by atoms with Crippen LogP contribution in [0.2, 0.25) is 0 Å². The van der Waals surface area contributed by atoms with E-state index in [4.69, 9.17) is 5.11 Å². The number of aryl methyl sites for hydroxylation is 1. The van der Waals surface area contributed by atoms with Gasteiger partial charge in [-0.2, -0.15) is 0 Å². The number of rotatable bonds is 2. The van der Waals surface area contributed by atoms with Gasteiger partial charge in [0.25, 0.3) is 0 Å². The van der Waals surface area contributed by atoms with E-state index in [-0.39, 0.29) is 18.4 Å². The minimum Gasteiger partial charge on any atom is -0.396 e. The first-order valence-electron chi connectivity index (χ1n) is 4.90. The van der Waals surface area contributed by atoms with Crippen LogP contribution < -0.4 is 4.90 Å². The number of aliphatic hydroxyl groups excluding tert-OH is 1. The smallest absolute Gasteiger partial charge is 0.228 e. The van der Waals surface area contributed by atoms with Gasteiger partial charge in [0, 0.05) is 25.5 Å². The van der Waals surface area contributed by atoms with Crippen molar-refractivity contribution in [2.24, 2.45) is 5.92 Å². The summed E-state index contributed by atoms with van der Waals surface area (Å²) in [5, 5.41) is 8.98. The molecule has 15 heavy (non-hydrogen) atoms. The van der Waals surface area contributed by atoms with Crippen molar-refractivity contribution < 1.29 is 9.90 Å². The number of carbonyl (C=O) groups is 1. The molecule has 0 radical (unpaired) electrons. The molecule has 2 rings (SSSR count). The van der Waals surface area contributed by atoms with Crippen molar-refractivity contribution in [1.29, 1.82) is 0 Å². The summed E-state index contributed by atoms with van der Waals surface area (Å²) in [5.41, 5.74) is 0.823. The van der Waals surface area contributed by atoms with Crippen molar-refractivity contribution in [2.75, 3.05) is 18.1 Å². The van der Waals surface area contributed by atoms with Crippen LogP contribution in [-0.2, 0) is 4.79 Å². The average molecular weight is 207 g/mol. The van der Waals surface area contributed by atoms with E-state index in [1.807, 2.05) is 6.92 Å². The van der Waals surface area contributed by atoms with Crippen molar-refractivity contribution >= 4 is 11.7 Å². The molecule has 1 N–H and O–H groups in total. The third-order valence-corrected chi connectivity index (χ3v) is 2.51. The molecule has 1 amide bonds. The van der Waals surface area contributed by atoms with Crippen LogP contribution in [0.5, 0.6) is 0 Å². The van der Waals surface area contributed by atoms with Gasteiger partial charge in [-0.1, -0.05) is 0 Å². The second kappa shape index (κ2) is 3.94. The summed E-state index contributed by atoms with van der Waals surface area (Å²) in [6.07, 6.45) is 3.62. The topological polar surface area (TPSA) is 66.3 Å². The summed E-state index contributed by atoms with van der Waals surface area (Å²) >= 11 is 0. The molecule has 0 aromatic carbocycles. The number of carbonyl (C=O) groups excluding carboxylic acids is 1. The summed E-state index contributed by atoms with van der Waals surface area (Å²) in [7, 11) is 0. The van der Waals surface area contributed by atoms with Crippen LogP contribution in [0.25, 0.3) is 0 Å². The van der Waals surface area contributed by atoms with Crippen LogP contribution >= 0.6 is 0 Å². The normalized spacial score (nSPS) is 21.1. The van der Waals surface area contributed by atoms with E-state index in [9.17, 15) is 4.79 Å². The Hall–Kier alpha value is -1.49. The summed E-state index contributed by atoms with van der Waals surface area (Å²) in [4.78, 5) is 21.4. The van der Waals surface area contributed by atoms with Gasteiger partial charge in [0.1, 0.15) is 0 Å². The highest BCUT2D eigenvalue weighted by atomic mass is 16.3. The average Bonchev–Trinajstić information content (AvgIpc) is 2.61. The van der Waals surface area contributed by atoms with Crippen LogP contribution in [0.15, 0.2) is 12.4 Å². The molecule has 80 valence electrons. The van der Waals surface area contributed by atoms with Crippen LogP contribution in [-0.4, -0.2) is 34.1 Å². The van der Waals surface area contributed by atoms with Crippen molar-refractivity contribution in [2.45, 2.75) is 13.3 Å². The molecule has 1 aliphatic rings. The number of hydrogen-bond donors (Lipinski definition) is 1. The SMILES string of the molecule is Cc1cnc(N2CC(CO)CC2=O)cn1. The Bertz CT molecular complexity index is 363. The van der Waals surface area contributed by atoms with Crippen LogP contribution in [0, 0.1) is 12.8 Å². The molecule has 1 fully saturated rings. The van der Waals surface area contributed by atoms with Gasteiger partial charge in [-0.15, -0.1) is 0 Å². The lowest BCUT2D eigenvalue weighted by molar-refractivity contribution is -0.117. The van der Waals surface area contributed by atoms with Gasteiger partial charge in [0.15, 0.2) is 5.82 Å². The van der Waals surface area contributed by atoms with E-state index >= 15 is 0 Å². The number of aromatic nitrogens is 2. The summed E-state index contributed by atoms with van der Waals surface area (Å²) in [6, 6.07) is 0. The van der Waals surface area contributed by atoms with E-state index in [2.05, 4.69) is 9.97 Å². The van der Waals surface area contributed by atoms with Gasteiger partial charge in [-0.05, 0) is 6.92 Å². The Morgan fingerprint density at radius 2 is 2.33 bits per heavy atom. The van der Waals surface area contributed by atoms with Gasteiger partial charge in [-0.3, -0.25) is 14.7 Å². The summed E-state index contributed by atoms with van der Waals surface area (Å²) in [6.45, 7) is 2.42. The maximum absolute atomic E-state index is 11.6. The van der Waals surface area contributed by atoms with E-state index in [0.717, 1.165) is 5.69 Å². The number of nitrogens with zero attached hydrogens (tertiary/aromatic N) is 3. The molecule has 5 heteroatoms. The van der Waals surface area contributed by atoms with Gasteiger partial charge in [-0.25, -0.2) is 4.98 Å². The maximum Gasteiger partial charge on any atom is 0.228 e. The first-order valence-corrected chi connectivity index (χ1v) is 4.90. The molecule has 0 saturated carbocycles. The Morgan fingerprint density at radius 1 is 1.53 bits per heavy atom. The fourth-order valence-corrected chi connectivity index (χ4v) is 1.65. The van der Waals surface area contributed by atoms with Crippen LogP contribution in [0.1, 0.15) is 12.1 Å². The van der Waals surface area contributed by atoms with Gasteiger partial charge < -0.3 is 5.11 Å². The van der Waals surface area contributed by atoms with Crippen molar-refractivity contribution in [3.8, 4) is 0 Å². The zero-order chi connectivity index (χ0) is 10.8. The first kappa shape index (κ1) is 10.0. The molecule has 1 aliphatic heterocycles. The number of hydrogen-bond acceptors (Lipinski definition) is 4. The quantitative estimate of drug-likeness (QED) is 0.748. The van der Waals surface area contributed by atoms with E-state index in [1.54, 1.807) is 17.3 Å². The van der Waals surface area contributed by atoms with Crippen LogP contribution in [0.4, 0.5) is 5.82 Å².